The Kier molecular flexibility index (Phi) is 1060. The van der Waals surface area contributed by atoms with E-state index in [-0.39, 0.29) is 49.8 Å². The third kappa shape index (κ3) is 535. The first-order chi connectivity index (χ1) is 9.90. The first kappa shape index (κ1) is 59.9. The van der Waals surface area contributed by atoms with Crippen LogP contribution in [0.2, 0.25) is 0 Å². The predicted molar refractivity (Wildman–Crippen MR) is 82.0 cm³/mol. The molecule has 0 unspecified atom stereocenters. The second-order valence-corrected chi connectivity index (χ2v) is 0.626. The van der Waals surface area contributed by atoms with E-state index in [0.717, 1.165) is 0 Å². The Labute approximate surface area is 161 Å². The Bertz CT molecular complexity index is 277. The molecular formula is InN21Sn. The quantitative estimate of drug-likeness (QED) is 0.167. The van der Waals surface area contributed by atoms with Crippen molar-refractivity contribution in [1.82, 2.24) is 0 Å². The molecule has 0 N–H and O–H groups in total. The molecule has 21 nitrogen and oxygen atoms in total. The van der Waals surface area contributed by atoms with Crippen LogP contribution >= 0.6 is 0 Å². The molecule has 0 aromatic heterocycles. The second-order valence-electron chi connectivity index (χ2n) is 0.626. The topological polar surface area (TPSA) is 411 Å². The van der Waals surface area contributed by atoms with Gasteiger partial charge in [-0.15, -0.1) is 0 Å². The van der Waals surface area contributed by atoms with Gasteiger partial charge in [-0.2, -0.15) is 0 Å². The summed E-state index contributed by atoms with van der Waals surface area (Å²) in [7, 11) is 0. The molecule has 0 fully saturated rings. The largest absolute Gasteiger partial charge is 4.00 e. The Morgan fingerprint density at radius 2 is 0.261 bits per heavy atom. The van der Waals surface area contributed by atoms with Gasteiger partial charge in [-0.3, -0.25) is 34.4 Å². The van der Waals surface area contributed by atoms with Crippen molar-refractivity contribution in [2.75, 3.05) is 0 Å². The maximum absolute atomic E-state index is 6.75. The summed E-state index contributed by atoms with van der Waals surface area (Å²) in [4.78, 5) is 10.5. The third-order valence-corrected chi connectivity index (χ3v) is 0. The Hall–Kier alpha value is -3.16. The molecule has 0 spiro atoms. The molecule has 0 atom stereocenters. The minimum absolute atomic E-state index is 0. The molecule has 0 amide bonds. The summed E-state index contributed by atoms with van der Waals surface area (Å²) in [5.74, 6) is 0. The van der Waals surface area contributed by atoms with Crippen molar-refractivity contribution in [1.29, 1.82) is 0 Å². The monoisotopic (exact) mass is 529 g/mol. The van der Waals surface area contributed by atoms with Crippen molar-refractivity contribution in [3.05, 3.63) is 112 Å². The molecule has 0 aliphatic carbocycles. The van der Waals surface area contributed by atoms with Crippen molar-refractivity contribution in [2.24, 2.45) is 0 Å². The maximum atomic E-state index is 6.75. The molecule has 0 aromatic carbocycles. The summed E-state index contributed by atoms with van der Waals surface area (Å²) in [5.41, 5.74) is 94.5. The Balaban J connectivity index is -0.0000000140. The van der Waals surface area contributed by atoms with Crippen LogP contribution in [-0.4, -0.2) is 49.8 Å². The van der Waals surface area contributed by atoms with Gasteiger partial charge in [-0.05, 0) is 0 Å². The van der Waals surface area contributed by atoms with E-state index in [1.807, 2.05) is 0 Å². The van der Waals surface area contributed by atoms with E-state index >= 15 is 0 Å². The van der Waals surface area contributed by atoms with Crippen LogP contribution in [0.5, 0.6) is 0 Å². The number of hydrogen-bond acceptors (Lipinski definition) is 0. The van der Waals surface area contributed by atoms with Gasteiger partial charge in [0.05, 0.1) is 0 Å². The Morgan fingerprint density at radius 3 is 0.261 bits per heavy atom. The van der Waals surface area contributed by atoms with Gasteiger partial charge in [0.15, 0.2) is 0 Å². The Morgan fingerprint density at radius 1 is 0.261 bits per heavy atom. The molecule has 112 valence electrons. The minimum atomic E-state index is 0. The van der Waals surface area contributed by atoms with Crippen LogP contribution in [0.4, 0.5) is 0 Å². The predicted octanol–water partition coefficient (Wildman–Crippen LogP) is 5.30. The van der Waals surface area contributed by atoms with Gasteiger partial charge in [0.2, 0.25) is 0 Å². The second kappa shape index (κ2) is 407. The van der Waals surface area contributed by atoms with Crippen LogP contribution in [0.25, 0.3) is 112 Å². The van der Waals surface area contributed by atoms with Gasteiger partial charge < -0.3 is 77.4 Å². The summed E-state index contributed by atoms with van der Waals surface area (Å²) in [5, 5.41) is 0. The summed E-state index contributed by atoms with van der Waals surface area (Å²) in [6.45, 7) is 0. The summed E-state index contributed by atoms with van der Waals surface area (Å²) >= 11 is 0. The van der Waals surface area contributed by atoms with Gasteiger partial charge in [-0.1, -0.05) is 0 Å². The van der Waals surface area contributed by atoms with Crippen LogP contribution < -0.4 is 0 Å². The van der Waals surface area contributed by atoms with Crippen LogP contribution in [0, 0.1) is 0 Å². The van der Waals surface area contributed by atoms with Crippen molar-refractivity contribution in [2.45, 2.75) is 0 Å². The average Bonchev–Trinajstić information content (AvgIpc) is 2.35. The SMILES string of the molecule is [In+3].[N-]=[N+]=[N-].[N-]=[N+]=[N-].[N-]=[N+]=[N-].[N-]=[N+]=[N-].[N-]=[N+]=[N-].[N-]=[N+]=[N-].[N-]=[N+]=[N-].[Sn+4]. The van der Waals surface area contributed by atoms with E-state index in [9.17, 15) is 0 Å². The summed E-state index contributed by atoms with van der Waals surface area (Å²) in [6, 6.07) is 0. The van der Waals surface area contributed by atoms with Crippen LogP contribution in [0.3, 0.4) is 0 Å². The van der Waals surface area contributed by atoms with E-state index in [4.69, 9.17) is 77.4 Å². The molecule has 23 heteroatoms. The molecule has 0 saturated heterocycles. The van der Waals surface area contributed by atoms with Gasteiger partial charge >= 0.3 is 49.8 Å². The van der Waals surface area contributed by atoms with Gasteiger partial charge in [-0.25, -0.2) is 0 Å². The molecule has 23 heavy (non-hydrogen) atoms. The van der Waals surface area contributed by atoms with Crippen LogP contribution in [0.1, 0.15) is 0 Å². The molecule has 0 radical (unpaired) electrons. The average molecular weight is 528 g/mol. The van der Waals surface area contributed by atoms with Gasteiger partial charge in [0.1, 0.15) is 0 Å². The van der Waals surface area contributed by atoms with E-state index in [0.29, 0.717) is 0 Å². The fourth-order valence-corrected chi connectivity index (χ4v) is 0. The smallest absolute Gasteiger partial charge is 0.373 e. The van der Waals surface area contributed by atoms with Crippen molar-refractivity contribution in [3.63, 3.8) is 0 Å². The number of rotatable bonds is 0. The minimum Gasteiger partial charge on any atom is -0.373 e. The molecule has 0 heterocycles. The maximum Gasteiger partial charge on any atom is 4.00 e. The summed E-state index contributed by atoms with van der Waals surface area (Å²) in [6.07, 6.45) is 0. The molecule has 0 aromatic rings. The van der Waals surface area contributed by atoms with Gasteiger partial charge in [0, 0.05) is 0 Å². The molecule has 0 bridgehead atoms. The fraction of sp³-hybridized carbons (Fsp3) is 0. The number of nitrogens with zero attached hydrogens (tertiary/aromatic N) is 21. The van der Waals surface area contributed by atoms with Crippen molar-refractivity contribution < 1.29 is 0 Å². The normalized spacial score (nSPS) is 2.43. The molecule has 0 aliphatic rings. The zero-order valence-corrected chi connectivity index (χ0v) is 16.6. The van der Waals surface area contributed by atoms with Crippen molar-refractivity contribution in [3.8, 4) is 0 Å². The summed E-state index contributed by atoms with van der Waals surface area (Å²) < 4.78 is 0. The van der Waals surface area contributed by atoms with Crippen LogP contribution in [0.15, 0.2) is 0 Å². The third-order valence-electron chi connectivity index (χ3n) is 0. The molecule has 0 rings (SSSR count). The molecule has 0 saturated carbocycles. The first-order valence-electron chi connectivity index (χ1n) is 2.80. The van der Waals surface area contributed by atoms with E-state index < -0.39 is 0 Å². The van der Waals surface area contributed by atoms with E-state index in [1.165, 1.54) is 34.4 Å². The first-order valence-corrected chi connectivity index (χ1v) is 2.80. The van der Waals surface area contributed by atoms with Crippen LogP contribution in [-0.2, 0) is 0 Å². The van der Waals surface area contributed by atoms with E-state index in [1.54, 1.807) is 0 Å². The zero-order valence-electron chi connectivity index (χ0n) is 10.5. The van der Waals surface area contributed by atoms with Crippen molar-refractivity contribution >= 4 is 49.8 Å². The molecule has 0 aliphatic heterocycles. The zero-order chi connectivity index (χ0) is 18.9. The number of hydrogen-bond donors (Lipinski definition) is 0. The standard InChI is InChI=1S/In.7N3.Sn/c;7*1-3-2;/q+3;7*-1;+4. The van der Waals surface area contributed by atoms with E-state index in [2.05, 4.69) is 0 Å². The molecular weight excluding hydrogens is 528 g/mol. The van der Waals surface area contributed by atoms with Gasteiger partial charge in [0.25, 0.3) is 0 Å². The fourth-order valence-electron chi connectivity index (χ4n) is 0.